The maximum atomic E-state index is 6.90. The van der Waals surface area contributed by atoms with Gasteiger partial charge in [0.2, 0.25) is 5.71 Å². The Hall–Kier alpha value is -10.7. The van der Waals surface area contributed by atoms with Crippen molar-refractivity contribution in [3.8, 4) is 28.2 Å². The van der Waals surface area contributed by atoms with Gasteiger partial charge in [0, 0.05) is 77.4 Å². The van der Waals surface area contributed by atoms with Crippen molar-refractivity contribution in [3.05, 3.63) is 255 Å². The molecule has 0 amide bonds. The minimum absolute atomic E-state index is 0.601. The first-order chi connectivity index (χ1) is 38.7. The van der Waals surface area contributed by atoms with E-state index in [1.54, 1.807) is 0 Å². The molecule has 0 fully saturated rings. The van der Waals surface area contributed by atoms with Crippen molar-refractivity contribution in [2.75, 3.05) is 4.90 Å². The van der Waals surface area contributed by atoms with Crippen LogP contribution in [-0.4, -0.2) is 23.7 Å². The van der Waals surface area contributed by atoms with Crippen molar-refractivity contribution < 1.29 is 8.83 Å². The van der Waals surface area contributed by atoms with E-state index in [0.717, 1.165) is 127 Å². The van der Waals surface area contributed by atoms with Gasteiger partial charge in [0.1, 0.15) is 16.9 Å². The van der Waals surface area contributed by atoms with Gasteiger partial charge in [0.15, 0.2) is 5.58 Å². The van der Waals surface area contributed by atoms with E-state index in [1.165, 1.54) is 21.8 Å². The number of hydrogen-bond acceptors (Lipinski definition) is 5. The number of pyridine rings is 2. The first-order valence-corrected chi connectivity index (χ1v) is 26.3. The summed E-state index contributed by atoms with van der Waals surface area (Å²) in [7, 11) is 0. The van der Waals surface area contributed by atoms with Gasteiger partial charge >= 0.3 is 0 Å². The van der Waals surface area contributed by atoms with Gasteiger partial charge in [0.05, 0.1) is 56.6 Å². The molecule has 0 radical (unpaired) electrons. The summed E-state index contributed by atoms with van der Waals surface area (Å²) in [6.45, 7) is 0. The van der Waals surface area contributed by atoms with Crippen molar-refractivity contribution in [2.45, 2.75) is 0 Å². The third-order valence-electron chi connectivity index (χ3n) is 15.9. The number of benzene rings is 10. The first-order valence-electron chi connectivity index (χ1n) is 26.3. The highest BCUT2D eigenvalue weighted by atomic mass is 16.3. The SMILES string of the molecule is c1ccc(N(c2ccccc2)c2ccc3oc4ncc(-n5c6ccccc6c6cc(-c7cccc8c7c7ccccc7n8-c7cncc8c7oc7ccc(-n9c%10ccccc%10c%10ccccc%109)cc78)ccc65)cc4c3c2)cc1. The molecule has 7 aromatic heterocycles. The highest BCUT2D eigenvalue weighted by Gasteiger charge is 2.23. The average molecular weight is 999 g/mol. The summed E-state index contributed by atoms with van der Waals surface area (Å²) in [6, 6.07) is 84.2. The molecule has 7 heterocycles. The zero-order chi connectivity index (χ0) is 51.0. The van der Waals surface area contributed by atoms with Crippen LogP contribution in [0.1, 0.15) is 0 Å². The van der Waals surface area contributed by atoms with Gasteiger partial charge in [-0.1, -0.05) is 127 Å². The standard InChI is InChI=1S/C70H42N6O2/c1-3-16-44(17-4-1)73(45-18-5-2-6-19-45)46-31-35-67-55(37-46)57-39-48(40-72-70(57)78-67)75-61-27-13-9-22-52(61)54-36-43(30-33-63(54)75)49-24-15-29-64-68(49)53-23-10-14-28-62(53)76(64)65-42-71-41-58-56-38-47(32-34-66(56)77-69(58)65)74-59-25-11-7-20-50(59)51-21-8-12-26-60(51)74/h1-42H. The number of para-hydroxylation sites is 6. The summed E-state index contributed by atoms with van der Waals surface area (Å²) in [5.41, 5.74) is 18.0. The maximum absolute atomic E-state index is 6.90. The summed E-state index contributed by atoms with van der Waals surface area (Å²) >= 11 is 0. The fourth-order valence-electron chi connectivity index (χ4n) is 12.6. The number of rotatable bonds is 7. The van der Waals surface area contributed by atoms with Gasteiger partial charge in [-0.25, -0.2) is 4.98 Å². The summed E-state index contributed by atoms with van der Waals surface area (Å²) in [5.74, 6) is 0. The van der Waals surface area contributed by atoms with Crippen LogP contribution in [0, 0.1) is 0 Å². The Morgan fingerprint density at radius 2 is 0.897 bits per heavy atom. The van der Waals surface area contributed by atoms with Gasteiger partial charge in [-0.15, -0.1) is 0 Å². The van der Waals surface area contributed by atoms with Crippen LogP contribution >= 0.6 is 0 Å². The molecular weight excluding hydrogens is 957 g/mol. The molecule has 17 aromatic rings. The zero-order valence-electron chi connectivity index (χ0n) is 41.7. The minimum Gasteiger partial charge on any atom is -0.454 e. The number of hydrogen-bond donors (Lipinski definition) is 0. The fraction of sp³-hybridized carbons (Fsp3) is 0. The number of anilines is 3. The molecule has 0 unspecified atom stereocenters. The van der Waals surface area contributed by atoms with Crippen molar-refractivity contribution >= 4 is 126 Å². The van der Waals surface area contributed by atoms with E-state index in [9.17, 15) is 0 Å². The molecule has 364 valence electrons. The molecule has 0 saturated carbocycles. The summed E-state index contributed by atoms with van der Waals surface area (Å²) in [5, 5.41) is 11.0. The molecule has 0 aliphatic heterocycles. The molecule has 0 aliphatic carbocycles. The zero-order valence-corrected chi connectivity index (χ0v) is 41.7. The lowest BCUT2D eigenvalue weighted by atomic mass is 9.98. The quantitative estimate of drug-likeness (QED) is 0.159. The Balaban J connectivity index is 0.804. The fourth-order valence-corrected chi connectivity index (χ4v) is 12.6. The van der Waals surface area contributed by atoms with E-state index in [1.807, 2.05) is 30.7 Å². The molecule has 8 nitrogen and oxygen atoms in total. The lowest BCUT2D eigenvalue weighted by Crippen LogP contribution is -2.09. The average Bonchev–Trinajstić information content (AvgIpc) is 4.45. The van der Waals surface area contributed by atoms with Crippen LogP contribution in [0.5, 0.6) is 0 Å². The maximum Gasteiger partial charge on any atom is 0.227 e. The number of furan rings is 2. The molecule has 0 aliphatic rings. The predicted octanol–water partition coefficient (Wildman–Crippen LogP) is 18.7. The molecule has 10 aromatic carbocycles. The van der Waals surface area contributed by atoms with Crippen molar-refractivity contribution in [2.24, 2.45) is 0 Å². The third kappa shape index (κ3) is 6.16. The van der Waals surface area contributed by atoms with E-state index in [0.29, 0.717) is 5.71 Å². The highest BCUT2D eigenvalue weighted by Crippen LogP contribution is 2.45. The topological polar surface area (TPSA) is 70.1 Å². The smallest absolute Gasteiger partial charge is 0.227 e. The van der Waals surface area contributed by atoms with Gasteiger partial charge in [-0.2, -0.15) is 0 Å². The molecule has 0 N–H and O–H groups in total. The summed E-state index contributed by atoms with van der Waals surface area (Å²) in [4.78, 5) is 12.2. The van der Waals surface area contributed by atoms with Crippen LogP contribution in [0.25, 0.3) is 138 Å². The van der Waals surface area contributed by atoms with Crippen LogP contribution in [0.15, 0.2) is 264 Å². The molecule has 0 saturated heterocycles. The molecule has 0 bridgehead atoms. The minimum atomic E-state index is 0.601. The Morgan fingerprint density at radius 3 is 1.62 bits per heavy atom. The summed E-state index contributed by atoms with van der Waals surface area (Å²) < 4.78 is 20.3. The lowest BCUT2D eigenvalue weighted by Gasteiger charge is -2.25. The summed E-state index contributed by atoms with van der Waals surface area (Å²) in [6.07, 6.45) is 5.82. The Morgan fingerprint density at radius 1 is 0.333 bits per heavy atom. The van der Waals surface area contributed by atoms with Crippen molar-refractivity contribution in [1.29, 1.82) is 0 Å². The number of aromatic nitrogens is 5. The Labute approximate surface area is 445 Å². The van der Waals surface area contributed by atoms with Gasteiger partial charge in [0.25, 0.3) is 0 Å². The second kappa shape index (κ2) is 16.4. The predicted molar refractivity (Wildman–Crippen MR) is 320 cm³/mol. The number of nitrogens with zero attached hydrogens (tertiary/aromatic N) is 6. The van der Waals surface area contributed by atoms with Crippen LogP contribution in [0.4, 0.5) is 17.1 Å². The van der Waals surface area contributed by atoms with Crippen molar-refractivity contribution in [1.82, 2.24) is 23.7 Å². The van der Waals surface area contributed by atoms with E-state index in [4.69, 9.17) is 18.8 Å². The Bertz CT molecular complexity index is 5200. The Kier molecular flexibility index (Phi) is 8.96. The third-order valence-corrected chi connectivity index (χ3v) is 15.9. The van der Waals surface area contributed by atoms with E-state index in [2.05, 4.69) is 243 Å². The van der Waals surface area contributed by atoms with Crippen molar-refractivity contribution in [3.63, 3.8) is 0 Å². The largest absolute Gasteiger partial charge is 0.454 e. The van der Waals surface area contributed by atoms with E-state index in [-0.39, 0.29) is 0 Å². The van der Waals surface area contributed by atoms with Crippen LogP contribution in [0.3, 0.4) is 0 Å². The molecule has 8 heteroatoms. The lowest BCUT2D eigenvalue weighted by molar-refractivity contribution is 0.654. The highest BCUT2D eigenvalue weighted by molar-refractivity contribution is 6.19. The number of fused-ring (bicyclic) bond motifs is 15. The molecule has 0 atom stereocenters. The van der Waals surface area contributed by atoms with Gasteiger partial charge < -0.3 is 27.4 Å². The van der Waals surface area contributed by atoms with Crippen LogP contribution in [-0.2, 0) is 0 Å². The second-order valence-corrected chi connectivity index (χ2v) is 20.2. The first kappa shape index (κ1) is 42.6. The van der Waals surface area contributed by atoms with Crippen LogP contribution < -0.4 is 4.90 Å². The normalized spacial score (nSPS) is 12.1. The van der Waals surface area contributed by atoms with E-state index >= 15 is 0 Å². The van der Waals surface area contributed by atoms with Gasteiger partial charge in [-0.05, 0) is 120 Å². The van der Waals surface area contributed by atoms with Gasteiger partial charge in [-0.3, -0.25) is 4.98 Å². The molecule has 17 rings (SSSR count). The molecular formula is C70H42N6O2. The molecule has 78 heavy (non-hydrogen) atoms. The molecule has 0 spiro atoms. The van der Waals surface area contributed by atoms with E-state index < -0.39 is 0 Å². The monoisotopic (exact) mass is 998 g/mol. The second-order valence-electron chi connectivity index (χ2n) is 20.2. The van der Waals surface area contributed by atoms with Crippen LogP contribution in [0.2, 0.25) is 0 Å².